The van der Waals surface area contributed by atoms with Gasteiger partial charge in [0.25, 0.3) is 0 Å². The Bertz CT molecular complexity index is 542. The molecule has 1 atom stereocenters. The van der Waals surface area contributed by atoms with Gasteiger partial charge in [-0.3, -0.25) is 0 Å². The van der Waals surface area contributed by atoms with Crippen molar-refractivity contribution >= 4 is 32.9 Å². The summed E-state index contributed by atoms with van der Waals surface area (Å²) in [5, 5.41) is 3.09. The first-order chi connectivity index (χ1) is 7.96. The van der Waals surface area contributed by atoms with Crippen LogP contribution in [0.2, 0.25) is 0 Å². The fourth-order valence-electron chi connectivity index (χ4n) is 1.77. The van der Waals surface area contributed by atoms with Crippen LogP contribution in [0.4, 0.5) is 5.82 Å². The van der Waals surface area contributed by atoms with Crippen molar-refractivity contribution in [1.29, 1.82) is 0 Å². The Kier molecular flexibility index (Phi) is 3.30. The molecule has 1 aromatic heterocycles. The van der Waals surface area contributed by atoms with Crippen molar-refractivity contribution in [2.75, 3.05) is 16.8 Å². The first-order valence-electron chi connectivity index (χ1n) is 5.20. The Morgan fingerprint density at radius 2 is 2.29 bits per heavy atom. The van der Waals surface area contributed by atoms with Gasteiger partial charge in [0.2, 0.25) is 0 Å². The Morgan fingerprint density at radius 1 is 1.53 bits per heavy atom. The average Bonchev–Trinajstić information content (AvgIpc) is 2.58. The second kappa shape index (κ2) is 4.58. The van der Waals surface area contributed by atoms with Crippen molar-refractivity contribution in [3.63, 3.8) is 0 Å². The number of pyridine rings is 1. The monoisotopic (exact) mass is 271 g/mol. The molecule has 0 bridgehead atoms. The van der Waals surface area contributed by atoms with Gasteiger partial charge in [-0.1, -0.05) is 18.3 Å². The molecule has 1 saturated heterocycles. The van der Waals surface area contributed by atoms with Gasteiger partial charge in [0.05, 0.1) is 17.2 Å². The van der Waals surface area contributed by atoms with Crippen LogP contribution in [0.25, 0.3) is 0 Å². The van der Waals surface area contributed by atoms with Crippen LogP contribution in [-0.4, -0.2) is 35.9 Å². The minimum absolute atomic E-state index is 0.0749. The van der Waals surface area contributed by atoms with Crippen molar-refractivity contribution in [3.8, 4) is 0 Å². The van der Waals surface area contributed by atoms with Gasteiger partial charge in [0.15, 0.2) is 9.84 Å². The molecule has 0 saturated carbocycles. The second-order valence-corrected chi connectivity index (χ2v) is 6.69. The summed E-state index contributed by atoms with van der Waals surface area (Å²) >= 11 is 4.83. The van der Waals surface area contributed by atoms with E-state index in [4.69, 9.17) is 18.0 Å². The fourth-order valence-corrected chi connectivity index (χ4v) is 3.56. The highest BCUT2D eigenvalue weighted by Gasteiger charge is 2.27. The number of nitrogens with one attached hydrogen (secondary N) is 1. The summed E-state index contributed by atoms with van der Waals surface area (Å²) in [5.74, 6) is 1.00. The van der Waals surface area contributed by atoms with E-state index in [-0.39, 0.29) is 22.5 Å². The SMILES string of the molecule is NC(=S)c1cccc(NC2CCS(=O)(=O)C2)n1. The molecule has 2 rings (SSSR count). The standard InChI is InChI=1S/C10H13N3O2S2/c11-10(16)8-2-1-3-9(13-8)12-7-4-5-17(14,15)6-7/h1-3,7H,4-6H2,(H2,11,16)(H,12,13). The highest BCUT2D eigenvalue weighted by Crippen LogP contribution is 2.16. The lowest BCUT2D eigenvalue weighted by molar-refractivity contribution is 0.602. The van der Waals surface area contributed by atoms with Gasteiger partial charge in [-0.15, -0.1) is 0 Å². The zero-order valence-corrected chi connectivity index (χ0v) is 10.7. The maximum absolute atomic E-state index is 11.3. The fraction of sp³-hybridized carbons (Fsp3) is 0.400. The van der Waals surface area contributed by atoms with E-state index in [0.29, 0.717) is 17.9 Å². The largest absolute Gasteiger partial charge is 0.388 e. The predicted molar refractivity (Wildman–Crippen MR) is 70.8 cm³/mol. The molecule has 92 valence electrons. The van der Waals surface area contributed by atoms with Gasteiger partial charge in [-0.05, 0) is 18.6 Å². The summed E-state index contributed by atoms with van der Waals surface area (Å²) in [4.78, 5) is 4.44. The number of sulfone groups is 1. The number of anilines is 1. The lowest BCUT2D eigenvalue weighted by atomic mass is 10.2. The summed E-state index contributed by atoms with van der Waals surface area (Å²) in [6.07, 6.45) is 0.612. The van der Waals surface area contributed by atoms with Crippen LogP contribution >= 0.6 is 12.2 Å². The summed E-state index contributed by atoms with van der Waals surface area (Å²) < 4.78 is 22.6. The highest BCUT2D eigenvalue weighted by molar-refractivity contribution is 7.91. The predicted octanol–water partition coefficient (Wildman–Crippen LogP) is 0.315. The molecule has 0 aliphatic carbocycles. The zero-order valence-electron chi connectivity index (χ0n) is 9.09. The van der Waals surface area contributed by atoms with Gasteiger partial charge in [-0.25, -0.2) is 13.4 Å². The van der Waals surface area contributed by atoms with Gasteiger partial charge in [-0.2, -0.15) is 0 Å². The van der Waals surface area contributed by atoms with E-state index in [2.05, 4.69) is 10.3 Å². The minimum Gasteiger partial charge on any atom is -0.388 e. The molecule has 0 radical (unpaired) electrons. The van der Waals surface area contributed by atoms with E-state index in [1.54, 1.807) is 18.2 Å². The van der Waals surface area contributed by atoms with E-state index < -0.39 is 9.84 Å². The molecule has 17 heavy (non-hydrogen) atoms. The van der Waals surface area contributed by atoms with E-state index in [1.807, 2.05) is 0 Å². The van der Waals surface area contributed by atoms with Crippen LogP contribution in [0.1, 0.15) is 12.1 Å². The zero-order chi connectivity index (χ0) is 12.5. The molecule has 0 aromatic carbocycles. The van der Waals surface area contributed by atoms with E-state index in [1.165, 1.54) is 0 Å². The molecule has 1 fully saturated rings. The quantitative estimate of drug-likeness (QED) is 0.770. The lowest BCUT2D eigenvalue weighted by Crippen LogP contribution is -2.22. The number of thiocarbonyl (C=S) groups is 1. The first kappa shape index (κ1) is 12.3. The average molecular weight is 271 g/mol. The molecule has 3 N–H and O–H groups in total. The maximum atomic E-state index is 11.3. The lowest BCUT2D eigenvalue weighted by Gasteiger charge is -2.11. The molecular weight excluding hydrogens is 258 g/mol. The highest BCUT2D eigenvalue weighted by atomic mass is 32.2. The van der Waals surface area contributed by atoms with Crippen molar-refractivity contribution in [2.24, 2.45) is 5.73 Å². The van der Waals surface area contributed by atoms with Crippen molar-refractivity contribution in [2.45, 2.75) is 12.5 Å². The molecule has 1 aromatic rings. The molecule has 1 aliphatic rings. The molecule has 5 nitrogen and oxygen atoms in total. The van der Waals surface area contributed by atoms with Crippen LogP contribution in [0.3, 0.4) is 0 Å². The smallest absolute Gasteiger partial charge is 0.152 e. The van der Waals surface area contributed by atoms with Crippen molar-refractivity contribution in [3.05, 3.63) is 23.9 Å². The number of nitrogens with two attached hydrogens (primary N) is 1. The Hall–Kier alpha value is -1.21. The Labute approximate surface area is 105 Å². The first-order valence-corrected chi connectivity index (χ1v) is 7.43. The molecular formula is C10H13N3O2S2. The van der Waals surface area contributed by atoms with E-state index in [0.717, 1.165) is 0 Å². The summed E-state index contributed by atoms with van der Waals surface area (Å²) in [5.41, 5.74) is 6.01. The summed E-state index contributed by atoms with van der Waals surface area (Å²) in [7, 11) is -2.88. The molecule has 0 amide bonds. The normalized spacial score (nSPS) is 22.2. The second-order valence-electron chi connectivity index (χ2n) is 4.02. The van der Waals surface area contributed by atoms with Gasteiger partial charge in [0, 0.05) is 6.04 Å². The number of hydrogen-bond acceptors (Lipinski definition) is 5. The molecule has 1 unspecified atom stereocenters. The molecule has 1 aliphatic heterocycles. The van der Waals surface area contributed by atoms with Gasteiger partial charge >= 0.3 is 0 Å². The van der Waals surface area contributed by atoms with Crippen LogP contribution in [0, 0.1) is 0 Å². The van der Waals surface area contributed by atoms with E-state index in [9.17, 15) is 8.42 Å². The number of hydrogen-bond donors (Lipinski definition) is 2. The van der Waals surface area contributed by atoms with E-state index >= 15 is 0 Å². The number of nitrogens with zero attached hydrogens (tertiary/aromatic N) is 1. The van der Waals surface area contributed by atoms with Gasteiger partial charge < -0.3 is 11.1 Å². The van der Waals surface area contributed by atoms with Crippen LogP contribution in [0.5, 0.6) is 0 Å². The third-order valence-electron chi connectivity index (χ3n) is 2.59. The van der Waals surface area contributed by atoms with Crippen molar-refractivity contribution < 1.29 is 8.42 Å². The third kappa shape index (κ3) is 3.13. The molecule has 0 spiro atoms. The topological polar surface area (TPSA) is 85.1 Å². The van der Waals surface area contributed by atoms with Crippen LogP contribution < -0.4 is 11.1 Å². The molecule has 7 heteroatoms. The molecule has 2 heterocycles. The van der Waals surface area contributed by atoms with Crippen molar-refractivity contribution in [1.82, 2.24) is 4.98 Å². The van der Waals surface area contributed by atoms with Crippen LogP contribution in [0.15, 0.2) is 18.2 Å². The Balaban J connectivity index is 2.09. The minimum atomic E-state index is -2.88. The maximum Gasteiger partial charge on any atom is 0.152 e. The summed E-state index contributed by atoms with van der Waals surface area (Å²) in [6.45, 7) is 0. The van der Waals surface area contributed by atoms with Crippen LogP contribution in [-0.2, 0) is 9.84 Å². The number of aromatic nitrogens is 1. The Morgan fingerprint density at radius 3 is 2.88 bits per heavy atom. The third-order valence-corrected chi connectivity index (χ3v) is 4.56. The number of rotatable bonds is 3. The van der Waals surface area contributed by atoms with Gasteiger partial charge in [0.1, 0.15) is 10.8 Å². The summed E-state index contributed by atoms with van der Waals surface area (Å²) in [6, 6.07) is 5.20.